The topological polar surface area (TPSA) is 111 Å². The van der Waals surface area contributed by atoms with Crippen molar-refractivity contribution in [3.8, 4) is 0 Å². The average molecular weight is 390 g/mol. The van der Waals surface area contributed by atoms with Gasteiger partial charge in [0.25, 0.3) is 11.8 Å². The van der Waals surface area contributed by atoms with Crippen molar-refractivity contribution >= 4 is 23.9 Å². The van der Waals surface area contributed by atoms with Gasteiger partial charge in [-0.2, -0.15) is 0 Å². The van der Waals surface area contributed by atoms with E-state index in [2.05, 4.69) is 5.32 Å². The molecule has 9 heteroatoms. The number of carbonyl (C=O) groups is 4. The summed E-state index contributed by atoms with van der Waals surface area (Å²) in [6.45, 7) is 5.43. The van der Waals surface area contributed by atoms with E-state index < -0.39 is 41.7 Å². The zero-order valence-corrected chi connectivity index (χ0v) is 15.9. The Hall–Kier alpha value is -2.94. The molecule has 9 nitrogen and oxygen atoms in total. The molecule has 1 saturated heterocycles. The van der Waals surface area contributed by atoms with Crippen LogP contribution >= 0.6 is 0 Å². The minimum absolute atomic E-state index is 0.172. The molecule has 1 N–H and O–H groups in total. The SMILES string of the molecule is CC(C)(C)OC(=O)NC[C@H]1CC[C@@H](C(=O)ON2C(=O)c3ccccc3C2=O)O1. The van der Waals surface area contributed by atoms with E-state index in [0.29, 0.717) is 17.9 Å². The summed E-state index contributed by atoms with van der Waals surface area (Å²) in [5.41, 5.74) is -0.238. The van der Waals surface area contributed by atoms with Gasteiger partial charge < -0.3 is 19.6 Å². The van der Waals surface area contributed by atoms with Gasteiger partial charge in [0.15, 0.2) is 6.10 Å². The fourth-order valence-electron chi connectivity index (χ4n) is 2.94. The third kappa shape index (κ3) is 4.30. The number of amides is 3. The molecule has 0 unspecified atom stereocenters. The van der Waals surface area contributed by atoms with E-state index in [1.54, 1.807) is 32.9 Å². The molecule has 0 radical (unpaired) electrons. The van der Waals surface area contributed by atoms with Gasteiger partial charge in [-0.1, -0.05) is 17.2 Å². The standard InChI is InChI=1S/C19H22N2O7/c1-19(2,3)27-18(25)20-10-11-8-9-14(26-11)17(24)28-21-15(22)12-6-4-5-7-13(12)16(21)23/h4-7,11,14H,8-10H2,1-3H3,(H,20,25)/t11-,14+/m1/s1. The monoisotopic (exact) mass is 390 g/mol. The lowest BCUT2D eigenvalue weighted by Crippen LogP contribution is -2.39. The normalized spacial score (nSPS) is 21.5. The molecule has 2 heterocycles. The number of carbonyl (C=O) groups excluding carboxylic acids is 4. The first-order chi connectivity index (χ1) is 13.2. The largest absolute Gasteiger partial charge is 0.444 e. The Morgan fingerprint density at radius 2 is 1.75 bits per heavy atom. The molecule has 1 aromatic carbocycles. The van der Waals surface area contributed by atoms with Crippen LogP contribution in [-0.4, -0.2) is 53.3 Å². The second-order valence-electron chi connectivity index (χ2n) is 7.57. The van der Waals surface area contributed by atoms with Gasteiger partial charge >= 0.3 is 12.1 Å². The van der Waals surface area contributed by atoms with Crippen LogP contribution in [0.15, 0.2) is 24.3 Å². The van der Waals surface area contributed by atoms with Crippen LogP contribution in [0.4, 0.5) is 4.79 Å². The Morgan fingerprint density at radius 1 is 1.14 bits per heavy atom. The lowest BCUT2D eigenvalue weighted by molar-refractivity contribution is -0.180. The number of hydrogen-bond donors (Lipinski definition) is 1. The van der Waals surface area contributed by atoms with Crippen LogP contribution in [0.3, 0.4) is 0 Å². The van der Waals surface area contributed by atoms with Gasteiger partial charge in [-0.3, -0.25) is 9.59 Å². The number of benzene rings is 1. The van der Waals surface area contributed by atoms with Crippen molar-refractivity contribution in [2.24, 2.45) is 0 Å². The molecule has 28 heavy (non-hydrogen) atoms. The van der Waals surface area contributed by atoms with Crippen molar-refractivity contribution in [2.45, 2.75) is 51.4 Å². The molecule has 150 valence electrons. The number of imide groups is 1. The highest BCUT2D eigenvalue weighted by molar-refractivity contribution is 6.20. The molecule has 0 aliphatic carbocycles. The first-order valence-corrected chi connectivity index (χ1v) is 8.97. The van der Waals surface area contributed by atoms with E-state index in [-0.39, 0.29) is 17.7 Å². The van der Waals surface area contributed by atoms with Gasteiger partial charge in [0.2, 0.25) is 0 Å². The summed E-state index contributed by atoms with van der Waals surface area (Å²) in [7, 11) is 0. The minimum Gasteiger partial charge on any atom is -0.444 e. The molecule has 0 bridgehead atoms. The smallest absolute Gasteiger partial charge is 0.407 e. The minimum atomic E-state index is -0.922. The Morgan fingerprint density at radius 3 is 2.32 bits per heavy atom. The van der Waals surface area contributed by atoms with Gasteiger partial charge in [-0.05, 0) is 45.7 Å². The van der Waals surface area contributed by atoms with Gasteiger partial charge in [-0.15, -0.1) is 0 Å². The van der Waals surface area contributed by atoms with Crippen LogP contribution in [0, 0.1) is 0 Å². The number of rotatable bonds is 4. The maximum atomic E-state index is 12.3. The summed E-state index contributed by atoms with van der Waals surface area (Å²) >= 11 is 0. The highest BCUT2D eigenvalue weighted by atomic mass is 16.7. The lowest BCUT2D eigenvalue weighted by atomic mass is 10.1. The second kappa shape index (κ2) is 7.59. The number of hydrogen-bond acceptors (Lipinski definition) is 7. The summed E-state index contributed by atoms with van der Waals surface area (Å²) < 4.78 is 10.7. The van der Waals surface area contributed by atoms with Crippen LogP contribution < -0.4 is 5.32 Å². The van der Waals surface area contributed by atoms with Crippen molar-refractivity contribution < 1.29 is 33.5 Å². The van der Waals surface area contributed by atoms with E-state index in [1.807, 2.05) is 0 Å². The Kier molecular flexibility index (Phi) is 5.37. The molecule has 3 rings (SSSR count). The zero-order chi connectivity index (χ0) is 20.5. The van der Waals surface area contributed by atoms with Crippen molar-refractivity contribution in [2.75, 3.05) is 6.54 Å². The first-order valence-electron chi connectivity index (χ1n) is 8.97. The lowest BCUT2D eigenvalue weighted by Gasteiger charge is -2.21. The van der Waals surface area contributed by atoms with Gasteiger partial charge in [-0.25, -0.2) is 9.59 Å². The number of fused-ring (bicyclic) bond motifs is 1. The van der Waals surface area contributed by atoms with Crippen molar-refractivity contribution in [1.82, 2.24) is 10.4 Å². The number of alkyl carbamates (subject to hydrolysis) is 1. The number of ether oxygens (including phenoxy) is 2. The van der Waals surface area contributed by atoms with E-state index in [1.165, 1.54) is 12.1 Å². The van der Waals surface area contributed by atoms with Gasteiger partial charge in [0.05, 0.1) is 17.2 Å². The van der Waals surface area contributed by atoms with Crippen LogP contribution in [0.2, 0.25) is 0 Å². The molecule has 2 aliphatic rings. The quantitative estimate of drug-likeness (QED) is 0.781. The summed E-state index contributed by atoms with van der Waals surface area (Å²) in [6, 6.07) is 6.23. The second-order valence-corrected chi connectivity index (χ2v) is 7.57. The molecule has 0 spiro atoms. The van der Waals surface area contributed by atoms with Crippen LogP contribution in [-0.2, 0) is 19.1 Å². The van der Waals surface area contributed by atoms with E-state index in [0.717, 1.165) is 0 Å². The van der Waals surface area contributed by atoms with Gasteiger partial charge in [0, 0.05) is 6.54 Å². The Labute approximate surface area is 161 Å². The maximum Gasteiger partial charge on any atom is 0.407 e. The fourth-order valence-corrected chi connectivity index (χ4v) is 2.94. The van der Waals surface area contributed by atoms with Gasteiger partial charge in [0.1, 0.15) is 5.60 Å². The molecule has 2 atom stereocenters. The molecule has 0 saturated carbocycles. The summed E-state index contributed by atoms with van der Waals surface area (Å²) in [5, 5.41) is 3.04. The molecule has 3 amide bonds. The Bertz CT molecular complexity index is 780. The van der Waals surface area contributed by atoms with Crippen molar-refractivity contribution in [1.29, 1.82) is 0 Å². The molecular formula is C19H22N2O7. The zero-order valence-electron chi connectivity index (χ0n) is 15.9. The first kappa shape index (κ1) is 19.8. The molecule has 0 aromatic heterocycles. The molecule has 2 aliphatic heterocycles. The number of hydroxylamine groups is 2. The van der Waals surface area contributed by atoms with Crippen LogP contribution in [0.5, 0.6) is 0 Å². The average Bonchev–Trinajstić information content (AvgIpc) is 3.18. The summed E-state index contributed by atoms with van der Waals surface area (Å²) in [6.07, 6.45) is -1.03. The molecule has 1 fully saturated rings. The highest BCUT2D eigenvalue weighted by Crippen LogP contribution is 2.25. The molecular weight excluding hydrogens is 368 g/mol. The summed E-state index contributed by atoms with van der Waals surface area (Å²) in [5.74, 6) is -2.19. The Balaban J connectivity index is 1.50. The number of nitrogens with zero attached hydrogens (tertiary/aromatic N) is 1. The number of nitrogens with one attached hydrogen (secondary N) is 1. The summed E-state index contributed by atoms with van der Waals surface area (Å²) in [4.78, 5) is 53.5. The van der Waals surface area contributed by atoms with Crippen molar-refractivity contribution in [3.63, 3.8) is 0 Å². The van der Waals surface area contributed by atoms with E-state index in [4.69, 9.17) is 14.3 Å². The maximum absolute atomic E-state index is 12.3. The predicted octanol–water partition coefficient (Wildman–Crippen LogP) is 1.81. The fraction of sp³-hybridized carbons (Fsp3) is 0.474. The van der Waals surface area contributed by atoms with E-state index in [9.17, 15) is 19.2 Å². The van der Waals surface area contributed by atoms with E-state index >= 15 is 0 Å². The highest BCUT2D eigenvalue weighted by Gasteiger charge is 2.41. The third-order valence-corrected chi connectivity index (χ3v) is 4.18. The van der Waals surface area contributed by atoms with Crippen molar-refractivity contribution in [3.05, 3.63) is 35.4 Å². The predicted molar refractivity (Wildman–Crippen MR) is 95.2 cm³/mol. The van der Waals surface area contributed by atoms with Crippen LogP contribution in [0.1, 0.15) is 54.3 Å². The third-order valence-electron chi connectivity index (χ3n) is 4.18. The molecule has 1 aromatic rings. The van der Waals surface area contributed by atoms with Crippen LogP contribution in [0.25, 0.3) is 0 Å².